The Labute approximate surface area is 175 Å². The van der Waals surface area contributed by atoms with Crippen LogP contribution in [0.4, 0.5) is 4.39 Å². The molecule has 0 bridgehead atoms. The highest BCUT2D eigenvalue weighted by Crippen LogP contribution is 2.37. The molecule has 1 saturated heterocycles. The van der Waals surface area contributed by atoms with Crippen molar-refractivity contribution in [2.75, 3.05) is 13.1 Å². The second kappa shape index (κ2) is 7.77. The molecule has 0 spiro atoms. The second-order valence-corrected chi connectivity index (χ2v) is 9.58. The minimum Gasteiger partial charge on any atom is -0.339 e. The Balaban J connectivity index is 1.72. The highest BCUT2D eigenvalue weighted by atomic mass is 32.2. The zero-order chi connectivity index (χ0) is 21.5. The first-order valence-corrected chi connectivity index (χ1v) is 11.0. The monoisotopic (exact) mass is 427 g/mol. The maximum Gasteiger partial charge on any atom is 0.262 e. The summed E-state index contributed by atoms with van der Waals surface area (Å²) in [6.45, 7) is 2.08. The standard InChI is InChI=1S/C22H22FN3O3S/c1-15-4-3-5-17(10-15)22(27)20-12-26(30(28,29)21-13-25(2)14-24-21)11-19(20)16-6-8-18(23)9-7-16/h3-10,13-14,19-20H,11-12H2,1-2H3/t19-,20+/m0/s1. The van der Waals surface area contributed by atoms with Gasteiger partial charge in [-0.15, -0.1) is 0 Å². The molecule has 0 aliphatic carbocycles. The summed E-state index contributed by atoms with van der Waals surface area (Å²) >= 11 is 0. The van der Waals surface area contributed by atoms with Crippen LogP contribution in [0.1, 0.15) is 27.4 Å². The van der Waals surface area contributed by atoms with E-state index in [1.165, 1.54) is 29.0 Å². The number of sulfonamides is 1. The minimum absolute atomic E-state index is 0.0493. The first-order chi connectivity index (χ1) is 14.3. The molecule has 1 aliphatic heterocycles. The molecule has 1 aliphatic rings. The van der Waals surface area contributed by atoms with Gasteiger partial charge in [-0.3, -0.25) is 4.79 Å². The number of carbonyl (C=O) groups excluding carboxylic acids is 1. The Morgan fingerprint density at radius 1 is 1.13 bits per heavy atom. The lowest BCUT2D eigenvalue weighted by Gasteiger charge is -2.18. The molecule has 0 amide bonds. The Morgan fingerprint density at radius 2 is 1.87 bits per heavy atom. The van der Waals surface area contributed by atoms with Crippen LogP contribution in [-0.2, 0) is 17.1 Å². The van der Waals surface area contributed by atoms with Gasteiger partial charge in [0.2, 0.25) is 0 Å². The third-order valence-electron chi connectivity index (χ3n) is 5.51. The molecule has 8 heteroatoms. The summed E-state index contributed by atoms with van der Waals surface area (Å²) < 4.78 is 42.5. The smallest absolute Gasteiger partial charge is 0.262 e. The van der Waals surface area contributed by atoms with E-state index in [2.05, 4.69) is 4.98 Å². The molecule has 3 aromatic rings. The fourth-order valence-corrected chi connectivity index (χ4v) is 5.40. The van der Waals surface area contributed by atoms with Crippen LogP contribution in [0.15, 0.2) is 66.1 Å². The Kier molecular flexibility index (Phi) is 5.29. The summed E-state index contributed by atoms with van der Waals surface area (Å²) in [5.41, 5.74) is 2.24. The second-order valence-electron chi connectivity index (χ2n) is 7.70. The predicted octanol–water partition coefficient (Wildman–Crippen LogP) is 3.15. The fourth-order valence-electron chi connectivity index (χ4n) is 3.94. The average molecular weight is 428 g/mol. The van der Waals surface area contributed by atoms with E-state index in [0.29, 0.717) is 5.56 Å². The maximum absolute atomic E-state index is 13.4. The molecule has 30 heavy (non-hydrogen) atoms. The molecule has 0 unspecified atom stereocenters. The Morgan fingerprint density at radius 3 is 2.50 bits per heavy atom. The summed E-state index contributed by atoms with van der Waals surface area (Å²) in [6.07, 6.45) is 2.87. The number of hydrogen-bond donors (Lipinski definition) is 0. The van der Waals surface area contributed by atoms with Crippen LogP contribution < -0.4 is 0 Å². The van der Waals surface area contributed by atoms with Gasteiger partial charge in [-0.1, -0.05) is 35.9 Å². The third kappa shape index (κ3) is 3.80. The van der Waals surface area contributed by atoms with E-state index >= 15 is 0 Å². The summed E-state index contributed by atoms with van der Waals surface area (Å²) in [5, 5.41) is -0.0495. The van der Waals surface area contributed by atoms with Crippen molar-refractivity contribution < 1.29 is 17.6 Å². The van der Waals surface area contributed by atoms with Gasteiger partial charge in [0, 0.05) is 43.7 Å². The van der Waals surface area contributed by atoms with Gasteiger partial charge < -0.3 is 4.57 Å². The molecule has 0 saturated carbocycles. The molecule has 2 atom stereocenters. The van der Waals surface area contributed by atoms with Gasteiger partial charge in [-0.2, -0.15) is 4.31 Å². The van der Waals surface area contributed by atoms with E-state index < -0.39 is 15.9 Å². The molecule has 4 rings (SSSR count). The number of Topliss-reactive ketones (excluding diaryl/α,β-unsaturated/α-hetero) is 1. The number of hydrogen-bond acceptors (Lipinski definition) is 4. The largest absolute Gasteiger partial charge is 0.339 e. The first kappa shape index (κ1) is 20.4. The summed E-state index contributed by atoms with van der Waals surface area (Å²) in [5.74, 6) is -1.45. The topological polar surface area (TPSA) is 72.3 Å². The predicted molar refractivity (Wildman–Crippen MR) is 110 cm³/mol. The molecule has 2 heterocycles. The van der Waals surface area contributed by atoms with Crippen molar-refractivity contribution in [3.8, 4) is 0 Å². The number of nitrogens with zero attached hydrogens (tertiary/aromatic N) is 3. The molecule has 0 radical (unpaired) electrons. The molecular formula is C22H22FN3O3S. The number of benzene rings is 2. The zero-order valence-corrected chi connectivity index (χ0v) is 17.5. The van der Waals surface area contributed by atoms with E-state index in [1.54, 1.807) is 35.9 Å². The van der Waals surface area contributed by atoms with Crippen LogP contribution in [0.2, 0.25) is 0 Å². The number of rotatable bonds is 5. The van der Waals surface area contributed by atoms with Crippen molar-refractivity contribution in [3.05, 3.63) is 83.6 Å². The van der Waals surface area contributed by atoms with Gasteiger partial charge in [0.1, 0.15) is 5.82 Å². The van der Waals surface area contributed by atoms with Gasteiger partial charge in [0.25, 0.3) is 10.0 Å². The number of imidazole rings is 1. The van der Waals surface area contributed by atoms with Gasteiger partial charge in [0.05, 0.1) is 6.33 Å². The van der Waals surface area contributed by atoms with Crippen LogP contribution in [0.5, 0.6) is 0 Å². The molecule has 6 nitrogen and oxygen atoms in total. The van der Waals surface area contributed by atoms with E-state index in [4.69, 9.17) is 0 Å². The van der Waals surface area contributed by atoms with Crippen LogP contribution in [-0.4, -0.2) is 41.1 Å². The molecule has 0 N–H and O–H groups in total. The molecule has 1 aromatic heterocycles. The third-order valence-corrected chi connectivity index (χ3v) is 7.23. The SMILES string of the molecule is Cc1cccc(C(=O)[C@@H]2CN(S(=O)(=O)c3cn(C)cn3)C[C@H]2c2ccc(F)cc2)c1. The van der Waals surface area contributed by atoms with Gasteiger partial charge in [-0.05, 0) is 30.7 Å². The normalized spacial score (nSPS) is 19.8. The minimum atomic E-state index is -3.85. The zero-order valence-electron chi connectivity index (χ0n) is 16.7. The van der Waals surface area contributed by atoms with Gasteiger partial charge in [0.15, 0.2) is 10.8 Å². The van der Waals surface area contributed by atoms with Crippen molar-refractivity contribution in [2.45, 2.75) is 17.9 Å². The first-order valence-electron chi connectivity index (χ1n) is 9.60. The number of aromatic nitrogens is 2. The van der Waals surface area contributed by atoms with Crippen molar-refractivity contribution in [2.24, 2.45) is 13.0 Å². The van der Waals surface area contributed by atoms with E-state index in [1.807, 2.05) is 19.1 Å². The average Bonchev–Trinajstić information content (AvgIpc) is 3.35. The molecular weight excluding hydrogens is 405 g/mol. The fraction of sp³-hybridized carbons (Fsp3) is 0.273. The van der Waals surface area contributed by atoms with Crippen LogP contribution in [0.25, 0.3) is 0 Å². The van der Waals surface area contributed by atoms with Crippen molar-refractivity contribution in [3.63, 3.8) is 0 Å². The van der Waals surface area contributed by atoms with Gasteiger partial charge >= 0.3 is 0 Å². The molecule has 2 aromatic carbocycles. The van der Waals surface area contributed by atoms with Gasteiger partial charge in [-0.25, -0.2) is 17.8 Å². The Bertz CT molecular complexity index is 1190. The number of ketones is 1. The lowest BCUT2D eigenvalue weighted by atomic mass is 9.83. The quantitative estimate of drug-likeness (QED) is 0.587. The van der Waals surface area contributed by atoms with Crippen molar-refractivity contribution in [1.29, 1.82) is 0 Å². The van der Waals surface area contributed by atoms with Crippen LogP contribution in [0, 0.1) is 18.7 Å². The highest BCUT2D eigenvalue weighted by Gasteiger charge is 2.44. The lowest BCUT2D eigenvalue weighted by Crippen LogP contribution is -2.30. The molecule has 1 fully saturated rings. The summed E-state index contributed by atoms with van der Waals surface area (Å²) in [4.78, 5) is 17.3. The lowest BCUT2D eigenvalue weighted by molar-refractivity contribution is 0.0918. The van der Waals surface area contributed by atoms with Crippen molar-refractivity contribution >= 4 is 15.8 Å². The maximum atomic E-state index is 13.4. The number of aryl methyl sites for hydroxylation is 2. The molecule has 156 valence electrons. The number of carbonyl (C=O) groups is 1. The van der Waals surface area contributed by atoms with E-state index in [9.17, 15) is 17.6 Å². The van der Waals surface area contributed by atoms with E-state index in [0.717, 1.165) is 11.1 Å². The summed E-state index contributed by atoms with van der Waals surface area (Å²) in [6, 6.07) is 13.2. The Hall–Kier alpha value is -2.84. The summed E-state index contributed by atoms with van der Waals surface area (Å²) in [7, 11) is -2.15. The van der Waals surface area contributed by atoms with Crippen LogP contribution in [0.3, 0.4) is 0 Å². The number of halogens is 1. The van der Waals surface area contributed by atoms with Crippen molar-refractivity contribution in [1.82, 2.24) is 13.9 Å². The highest BCUT2D eigenvalue weighted by molar-refractivity contribution is 7.89. The van der Waals surface area contributed by atoms with Crippen LogP contribution >= 0.6 is 0 Å². The van der Waals surface area contributed by atoms with E-state index in [-0.39, 0.29) is 35.6 Å².